The molecule has 0 radical (unpaired) electrons. The quantitative estimate of drug-likeness (QED) is 0.787. The number of piperidine rings is 1. The molecule has 2 N–H and O–H groups in total. The number of rotatable bonds is 6. The van der Waals surface area contributed by atoms with Gasteiger partial charge in [-0.05, 0) is 55.8 Å². The zero-order valence-corrected chi connectivity index (χ0v) is 13.4. The normalized spacial score (nSPS) is 25.3. The number of nitrogens with zero attached hydrogens (tertiary/aromatic N) is 1. The van der Waals surface area contributed by atoms with E-state index in [1.165, 1.54) is 12.1 Å². The highest BCUT2D eigenvalue weighted by atomic mass is 19.1. The van der Waals surface area contributed by atoms with Gasteiger partial charge in [-0.15, -0.1) is 0 Å². The van der Waals surface area contributed by atoms with Crippen LogP contribution in [0.5, 0.6) is 0 Å². The van der Waals surface area contributed by atoms with E-state index in [2.05, 4.69) is 10.2 Å². The van der Waals surface area contributed by atoms with Crippen molar-refractivity contribution in [2.45, 2.75) is 37.7 Å². The fourth-order valence-electron chi connectivity index (χ4n) is 3.35. The van der Waals surface area contributed by atoms with E-state index < -0.39 is 0 Å². The summed E-state index contributed by atoms with van der Waals surface area (Å²) < 4.78 is 12.9. The molecular formula is C18H25FN2O2. The van der Waals surface area contributed by atoms with Gasteiger partial charge in [-0.3, -0.25) is 4.79 Å². The number of aliphatic hydroxyl groups is 1. The summed E-state index contributed by atoms with van der Waals surface area (Å²) in [5, 5.41) is 12.5. The third-order valence-corrected chi connectivity index (χ3v) is 4.93. The first-order valence-corrected chi connectivity index (χ1v) is 8.57. The second-order valence-electron chi connectivity index (χ2n) is 6.72. The van der Waals surface area contributed by atoms with Gasteiger partial charge in [-0.1, -0.05) is 12.1 Å². The standard InChI is InChI=1S/C18H25FN2O2/c19-14-4-2-13(3-5-14)16-12-17(16)18(23)20-8-1-9-21-10-6-15(22)7-11-21/h2-5,15-17,22H,1,6-12H2,(H,20,23). The van der Waals surface area contributed by atoms with E-state index in [0.717, 1.165) is 50.9 Å². The van der Waals surface area contributed by atoms with Crippen LogP contribution in [-0.4, -0.2) is 48.2 Å². The molecule has 1 aliphatic heterocycles. The Morgan fingerprint density at radius 3 is 2.65 bits per heavy atom. The molecule has 3 rings (SSSR count). The highest BCUT2D eigenvalue weighted by Crippen LogP contribution is 2.47. The lowest BCUT2D eigenvalue weighted by Gasteiger charge is -2.29. The number of likely N-dealkylation sites (tertiary alicyclic amines) is 1. The van der Waals surface area contributed by atoms with Crippen LogP contribution in [-0.2, 0) is 4.79 Å². The van der Waals surface area contributed by atoms with Crippen LogP contribution in [0, 0.1) is 11.7 Å². The molecule has 0 aromatic heterocycles. The Morgan fingerprint density at radius 1 is 1.26 bits per heavy atom. The van der Waals surface area contributed by atoms with Crippen molar-refractivity contribution in [2.75, 3.05) is 26.2 Å². The van der Waals surface area contributed by atoms with Gasteiger partial charge in [0, 0.05) is 25.6 Å². The molecule has 2 unspecified atom stereocenters. The van der Waals surface area contributed by atoms with Crippen molar-refractivity contribution in [3.8, 4) is 0 Å². The van der Waals surface area contributed by atoms with E-state index in [4.69, 9.17) is 0 Å². The molecule has 1 aromatic rings. The molecule has 2 aliphatic rings. The number of carbonyl (C=O) groups excluding carboxylic acids is 1. The minimum absolute atomic E-state index is 0.0468. The summed E-state index contributed by atoms with van der Waals surface area (Å²) in [6.07, 6.45) is 3.38. The number of hydrogen-bond acceptors (Lipinski definition) is 3. The van der Waals surface area contributed by atoms with Crippen molar-refractivity contribution in [2.24, 2.45) is 5.92 Å². The third kappa shape index (κ3) is 4.52. The van der Waals surface area contributed by atoms with Crippen molar-refractivity contribution < 1.29 is 14.3 Å². The largest absolute Gasteiger partial charge is 0.393 e. The number of halogens is 1. The van der Waals surface area contributed by atoms with Crippen LogP contribution < -0.4 is 5.32 Å². The maximum absolute atomic E-state index is 12.9. The number of nitrogens with one attached hydrogen (secondary N) is 1. The first kappa shape index (κ1) is 16.4. The van der Waals surface area contributed by atoms with Gasteiger partial charge in [0.25, 0.3) is 0 Å². The van der Waals surface area contributed by atoms with E-state index in [-0.39, 0.29) is 29.7 Å². The molecule has 2 atom stereocenters. The number of carbonyl (C=O) groups is 1. The van der Waals surface area contributed by atoms with Crippen molar-refractivity contribution >= 4 is 5.91 Å². The van der Waals surface area contributed by atoms with E-state index in [1.54, 1.807) is 12.1 Å². The molecule has 126 valence electrons. The van der Waals surface area contributed by atoms with Gasteiger partial charge in [-0.25, -0.2) is 4.39 Å². The Balaban J connectivity index is 1.32. The summed E-state index contributed by atoms with van der Waals surface area (Å²) in [7, 11) is 0. The van der Waals surface area contributed by atoms with Crippen molar-refractivity contribution in [1.29, 1.82) is 0 Å². The third-order valence-electron chi connectivity index (χ3n) is 4.93. The zero-order valence-electron chi connectivity index (χ0n) is 13.4. The Bertz CT molecular complexity index is 526. The summed E-state index contributed by atoms with van der Waals surface area (Å²) in [6.45, 7) is 3.57. The molecule has 2 fully saturated rings. The van der Waals surface area contributed by atoms with Gasteiger partial charge in [0.05, 0.1) is 6.10 Å². The molecule has 1 aliphatic carbocycles. The summed E-state index contributed by atoms with van der Waals surface area (Å²) in [6, 6.07) is 6.46. The van der Waals surface area contributed by atoms with Gasteiger partial charge < -0.3 is 15.3 Å². The van der Waals surface area contributed by atoms with Gasteiger partial charge in [-0.2, -0.15) is 0 Å². The Labute approximate surface area is 136 Å². The van der Waals surface area contributed by atoms with E-state index >= 15 is 0 Å². The van der Waals surface area contributed by atoms with E-state index in [0.29, 0.717) is 6.54 Å². The number of amides is 1. The maximum atomic E-state index is 12.9. The molecule has 5 heteroatoms. The average Bonchev–Trinajstić information content (AvgIpc) is 3.34. The molecule has 23 heavy (non-hydrogen) atoms. The highest BCUT2D eigenvalue weighted by molar-refractivity contribution is 5.82. The van der Waals surface area contributed by atoms with Crippen molar-refractivity contribution in [3.63, 3.8) is 0 Å². The molecule has 4 nitrogen and oxygen atoms in total. The van der Waals surface area contributed by atoms with Crippen LogP contribution >= 0.6 is 0 Å². The SMILES string of the molecule is O=C(NCCCN1CCC(O)CC1)C1CC1c1ccc(F)cc1. The van der Waals surface area contributed by atoms with Crippen LogP contribution in [0.3, 0.4) is 0 Å². The molecule has 1 heterocycles. The predicted octanol–water partition coefficient (Wildman–Crippen LogP) is 1.89. The lowest BCUT2D eigenvalue weighted by molar-refractivity contribution is -0.122. The Hall–Kier alpha value is -1.46. The predicted molar refractivity (Wildman–Crippen MR) is 86.6 cm³/mol. The van der Waals surface area contributed by atoms with Crippen LogP contribution in [0.4, 0.5) is 4.39 Å². The first-order valence-electron chi connectivity index (χ1n) is 8.57. The molecule has 0 bridgehead atoms. The lowest BCUT2D eigenvalue weighted by Crippen LogP contribution is -2.37. The monoisotopic (exact) mass is 320 g/mol. The molecule has 1 aromatic carbocycles. The molecular weight excluding hydrogens is 295 g/mol. The number of hydrogen-bond donors (Lipinski definition) is 2. The van der Waals surface area contributed by atoms with Crippen LogP contribution in [0.1, 0.15) is 37.2 Å². The number of aliphatic hydroxyl groups excluding tert-OH is 1. The summed E-state index contributed by atoms with van der Waals surface area (Å²) >= 11 is 0. The zero-order chi connectivity index (χ0) is 16.2. The Morgan fingerprint density at radius 2 is 1.96 bits per heavy atom. The molecule has 1 saturated heterocycles. The summed E-state index contributed by atoms with van der Waals surface area (Å²) in [5.74, 6) is 0.179. The lowest BCUT2D eigenvalue weighted by atomic mass is 10.1. The summed E-state index contributed by atoms with van der Waals surface area (Å²) in [4.78, 5) is 14.5. The van der Waals surface area contributed by atoms with E-state index in [9.17, 15) is 14.3 Å². The van der Waals surface area contributed by atoms with E-state index in [1.807, 2.05) is 0 Å². The smallest absolute Gasteiger partial charge is 0.223 e. The number of benzene rings is 1. The van der Waals surface area contributed by atoms with Crippen molar-refractivity contribution in [3.05, 3.63) is 35.6 Å². The Kier molecular flexibility index (Phi) is 5.28. The second kappa shape index (κ2) is 7.41. The van der Waals surface area contributed by atoms with Gasteiger partial charge >= 0.3 is 0 Å². The fraction of sp³-hybridized carbons (Fsp3) is 0.611. The fourth-order valence-corrected chi connectivity index (χ4v) is 3.35. The van der Waals surface area contributed by atoms with Crippen LogP contribution in [0.2, 0.25) is 0 Å². The minimum atomic E-state index is -0.236. The average molecular weight is 320 g/mol. The first-order chi connectivity index (χ1) is 11.1. The van der Waals surface area contributed by atoms with Gasteiger partial charge in [0.2, 0.25) is 5.91 Å². The van der Waals surface area contributed by atoms with Crippen molar-refractivity contribution in [1.82, 2.24) is 10.2 Å². The topological polar surface area (TPSA) is 52.6 Å². The summed E-state index contributed by atoms with van der Waals surface area (Å²) in [5.41, 5.74) is 1.05. The molecule has 0 spiro atoms. The molecule has 1 amide bonds. The van der Waals surface area contributed by atoms with Gasteiger partial charge in [0.15, 0.2) is 0 Å². The molecule has 1 saturated carbocycles. The second-order valence-corrected chi connectivity index (χ2v) is 6.72. The van der Waals surface area contributed by atoms with Crippen LogP contribution in [0.25, 0.3) is 0 Å². The van der Waals surface area contributed by atoms with Crippen LogP contribution in [0.15, 0.2) is 24.3 Å². The highest BCUT2D eigenvalue weighted by Gasteiger charge is 2.43. The maximum Gasteiger partial charge on any atom is 0.223 e. The minimum Gasteiger partial charge on any atom is -0.393 e. The van der Waals surface area contributed by atoms with Gasteiger partial charge in [0.1, 0.15) is 5.82 Å².